The van der Waals surface area contributed by atoms with Gasteiger partial charge in [-0.1, -0.05) is 84.9 Å². The first-order valence-electron chi connectivity index (χ1n) is 12.0. The Morgan fingerprint density at radius 3 is 1.36 bits per heavy atom. The highest BCUT2D eigenvalue weighted by Crippen LogP contribution is 2.59. The Hall–Kier alpha value is -4.76. The van der Waals surface area contributed by atoms with E-state index in [0.29, 0.717) is 0 Å². The van der Waals surface area contributed by atoms with Crippen molar-refractivity contribution in [1.82, 2.24) is 0 Å². The second-order valence-electron chi connectivity index (χ2n) is 9.27. The third kappa shape index (κ3) is 2.80. The second-order valence-corrected chi connectivity index (χ2v) is 9.27. The Labute approximate surface area is 208 Å². The first-order valence-corrected chi connectivity index (χ1v) is 12.0. The summed E-state index contributed by atoms with van der Waals surface area (Å²) in [6, 6.07) is 40.1. The van der Waals surface area contributed by atoms with E-state index in [1.807, 2.05) is 48.5 Å². The molecule has 3 heteroatoms. The number of phenols is 2. The molecule has 0 spiro atoms. The fourth-order valence-electron chi connectivity index (χ4n) is 5.90. The van der Waals surface area contributed by atoms with Crippen LogP contribution in [-0.2, 0) is 5.41 Å². The molecular weight excluding hydrogens is 444 g/mol. The SMILES string of the molecule is Oc1ccc2c3c(ccc2c1)Oc1ccc2cc(O)ccc2c1C3(c1ccccc1)c1ccccc1. The molecule has 0 aromatic heterocycles. The number of ether oxygens (including phenoxy) is 1. The lowest BCUT2D eigenvalue weighted by Crippen LogP contribution is -2.34. The molecule has 0 atom stereocenters. The van der Waals surface area contributed by atoms with Gasteiger partial charge in [0.1, 0.15) is 23.0 Å². The Morgan fingerprint density at radius 1 is 0.472 bits per heavy atom. The van der Waals surface area contributed by atoms with Crippen LogP contribution < -0.4 is 4.74 Å². The van der Waals surface area contributed by atoms with Crippen molar-refractivity contribution < 1.29 is 14.9 Å². The molecule has 0 fully saturated rings. The Balaban J connectivity index is 1.76. The molecule has 0 amide bonds. The van der Waals surface area contributed by atoms with Crippen molar-refractivity contribution in [3.8, 4) is 23.0 Å². The zero-order chi connectivity index (χ0) is 24.3. The normalized spacial score (nSPS) is 13.7. The van der Waals surface area contributed by atoms with Gasteiger partial charge in [0, 0.05) is 11.1 Å². The van der Waals surface area contributed by atoms with Gasteiger partial charge in [-0.05, 0) is 69.1 Å². The molecule has 3 nitrogen and oxygen atoms in total. The molecular formula is C33H22O3. The predicted octanol–water partition coefficient (Wildman–Crippen LogP) is 7.89. The minimum absolute atomic E-state index is 0.227. The molecule has 0 unspecified atom stereocenters. The van der Waals surface area contributed by atoms with E-state index in [4.69, 9.17) is 4.74 Å². The number of rotatable bonds is 2. The van der Waals surface area contributed by atoms with Gasteiger partial charge in [0.25, 0.3) is 0 Å². The molecule has 6 aromatic rings. The summed E-state index contributed by atoms with van der Waals surface area (Å²) < 4.78 is 6.63. The zero-order valence-corrected chi connectivity index (χ0v) is 19.3. The first-order chi connectivity index (χ1) is 17.7. The van der Waals surface area contributed by atoms with Crippen molar-refractivity contribution in [2.75, 3.05) is 0 Å². The van der Waals surface area contributed by atoms with Crippen LogP contribution in [0.15, 0.2) is 121 Å². The van der Waals surface area contributed by atoms with Crippen molar-refractivity contribution in [2.24, 2.45) is 0 Å². The summed E-state index contributed by atoms with van der Waals surface area (Å²) in [4.78, 5) is 0. The summed E-state index contributed by atoms with van der Waals surface area (Å²) >= 11 is 0. The van der Waals surface area contributed by atoms with Gasteiger partial charge in [-0.2, -0.15) is 0 Å². The van der Waals surface area contributed by atoms with Crippen molar-refractivity contribution in [2.45, 2.75) is 5.41 Å². The van der Waals surface area contributed by atoms with Crippen LogP contribution in [0.1, 0.15) is 22.3 Å². The summed E-state index contributed by atoms with van der Waals surface area (Å²) in [6.07, 6.45) is 0. The van der Waals surface area contributed by atoms with E-state index in [0.717, 1.165) is 55.3 Å². The maximum absolute atomic E-state index is 10.3. The molecule has 36 heavy (non-hydrogen) atoms. The van der Waals surface area contributed by atoms with E-state index in [-0.39, 0.29) is 11.5 Å². The molecule has 7 rings (SSSR count). The number of aromatic hydroxyl groups is 2. The standard InChI is InChI=1S/C33H22O3/c34-25-13-15-27-21(19-25)11-17-29-31(27)33(23-7-3-1-4-8-23,24-9-5-2-6-10-24)32-28-16-14-26(35)20-22(28)12-18-30(32)36-29/h1-20,34-35H. The average Bonchev–Trinajstić information content (AvgIpc) is 2.92. The highest BCUT2D eigenvalue weighted by Gasteiger charge is 2.47. The molecule has 0 saturated carbocycles. The van der Waals surface area contributed by atoms with Crippen LogP contribution in [0, 0.1) is 0 Å². The van der Waals surface area contributed by atoms with Crippen LogP contribution in [0.4, 0.5) is 0 Å². The van der Waals surface area contributed by atoms with E-state index in [1.165, 1.54) is 0 Å². The molecule has 0 aliphatic carbocycles. The van der Waals surface area contributed by atoms with Crippen molar-refractivity contribution in [3.05, 3.63) is 144 Å². The summed E-state index contributed by atoms with van der Waals surface area (Å²) in [7, 11) is 0. The highest BCUT2D eigenvalue weighted by atomic mass is 16.5. The molecule has 2 N–H and O–H groups in total. The minimum Gasteiger partial charge on any atom is -0.508 e. The van der Waals surface area contributed by atoms with Gasteiger partial charge >= 0.3 is 0 Å². The molecule has 0 radical (unpaired) electrons. The number of hydrogen-bond acceptors (Lipinski definition) is 3. The third-order valence-electron chi connectivity index (χ3n) is 7.31. The van der Waals surface area contributed by atoms with Gasteiger partial charge in [-0.15, -0.1) is 0 Å². The lowest BCUT2D eigenvalue weighted by molar-refractivity contribution is 0.438. The van der Waals surface area contributed by atoms with Crippen LogP contribution >= 0.6 is 0 Å². The average molecular weight is 467 g/mol. The minimum atomic E-state index is -0.710. The number of hydrogen-bond donors (Lipinski definition) is 2. The van der Waals surface area contributed by atoms with Crippen molar-refractivity contribution in [1.29, 1.82) is 0 Å². The maximum Gasteiger partial charge on any atom is 0.132 e. The quantitative estimate of drug-likeness (QED) is 0.272. The van der Waals surface area contributed by atoms with Crippen LogP contribution in [-0.4, -0.2) is 10.2 Å². The van der Waals surface area contributed by atoms with Gasteiger partial charge in [0.2, 0.25) is 0 Å². The summed E-state index contributed by atoms with van der Waals surface area (Å²) in [5.74, 6) is 2.02. The third-order valence-corrected chi connectivity index (χ3v) is 7.31. The van der Waals surface area contributed by atoms with E-state index in [2.05, 4.69) is 48.5 Å². The van der Waals surface area contributed by atoms with E-state index < -0.39 is 5.41 Å². The van der Waals surface area contributed by atoms with Crippen LogP contribution in [0.3, 0.4) is 0 Å². The van der Waals surface area contributed by atoms with E-state index in [9.17, 15) is 10.2 Å². The van der Waals surface area contributed by atoms with Crippen LogP contribution in [0.2, 0.25) is 0 Å². The smallest absolute Gasteiger partial charge is 0.132 e. The Morgan fingerprint density at radius 2 is 0.917 bits per heavy atom. The van der Waals surface area contributed by atoms with Gasteiger partial charge in [0.15, 0.2) is 0 Å². The number of benzene rings is 6. The summed E-state index contributed by atoms with van der Waals surface area (Å²) in [5, 5.41) is 24.4. The van der Waals surface area contributed by atoms with E-state index in [1.54, 1.807) is 24.3 Å². The van der Waals surface area contributed by atoms with Crippen molar-refractivity contribution >= 4 is 21.5 Å². The Kier molecular flexibility index (Phi) is 4.36. The molecule has 1 aliphatic heterocycles. The summed E-state index contributed by atoms with van der Waals surface area (Å²) in [5.41, 5.74) is 3.58. The fraction of sp³-hybridized carbons (Fsp3) is 0.0303. The maximum atomic E-state index is 10.3. The highest BCUT2D eigenvalue weighted by molar-refractivity contribution is 5.98. The molecule has 1 heterocycles. The fourth-order valence-corrected chi connectivity index (χ4v) is 5.90. The van der Waals surface area contributed by atoms with Crippen LogP contribution in [0.5, 0.6) is 23.0 Å². The molecule has 6 aromatic carbocycles. The molecule has 172 valence electrons. The predicted molar refractivity (Wildman–Crippen MR) is 143 cm³/mol. The van der Waals surface area contributed by atoms with Gasteiger partial charge < -0.3 is 14.9 Å². The van der Waals surface area contributed by atoms with Gasteiger partial charge in [0.05, 0.1) is 5.41 Å². The number of phenolic OH excluding ortho intramolecular Hbond substituents is 2. The Bertz CT molecular complexity index is 1640. The second kappa shape index (κ2) is 7.62. The molecule has 1 aliphatic rings. The first kappa shape index (κ1) is 20.6. The topological polar surface area (TPSA) is 49.7 Å². The summed E-state index contributed by atoms with van der Waals surface area (Å²) in [6.45, 7) is 0. The monoisotopic (exact) mass is 466 g/mol. The van der Waals surface area contributed by atoms with Gasteiger partial charge in [-0.3, -0.25) is 0 Å². The van der Waals surface area contributed by atoms with E-state index >= 15 is 0 Å². The largest absolute Gasteiger partial charge is 0.508 e. The number of fused-ring (bicyclic) bond motifs is 6. The van der Waals surface area contributed by atoms with Crippen molar-refractivity contribution in [3.63, 3.8) is 0 Å². The molecule has 0 saturated heterocycles. The lowest BCUT2D eigenvalue weighted by Gasteiger charge is -2.43. The van der Waals surface area contributed by atoms with Gasteiger partial charge in [-0.25, -0.2) is 0 Å². The van der Waals surface area contributed by atoms with Crippen LogP contribution in [0.25, 0.3) is 21.5 Å². The lowest BCUT2D eigenvalue weighted by atomic mass is 9.61. The zero-order valence-electron chi connectivity index (χ0n) is 19.3. The molecule has 0 bridgehead atoms.